The van der Waals surface area contributed by atoms with Gasteiger partial charge in [-0.3, -0.25) is 0 Å². The SMILES string of the molecule is N#Cc1ccccc1ON1CCN(c2ccc(C#Cc3cccc(O)c3)nn2)CC1. The molecule has 7 heteroatoms. The van der Waals surface area contributed by atoms with E-state index >= 15 is 0 Å². The molecular weight excluding hydrogens is 378 g/mol. The summed E-state index contributed by atoms with van der Waals surface area (Å²) in [5.41, 5.74) is 1.81. The highest BCUT2D eigenvalue weighted by Gasteiger charge is 2.20. The van der Waals surface area contributed by atoms with E-state index in [-0.39, 0.29) is 5.75 Å². The molecule has 0 bridgehead atoms. The summed E-state index contributed by atoms with van der Waals surface area (Å²) in [4.78, 5) is 8.01. The number of aromatic nitrogens is 2. The molecule has 1 aliphatic heterocycles. The molecule has 1 fully saturated rings. The van der Waals surface area contributed by atoms with Crippen LogP contribution < -0.4 is 9.74 Å². The van der Waals surface area contributed by atoms with Gasteiger partial charge in [-0.2, -0.15) is 5.26 Å². The lowest BCUT2D eigenvalue weighted by Crippen LogP contribution is -2.48. The summed E-state index contributed by atoms with van der Waals surface area (Å²) in [7, 11) is 0. The first kappa shape index (κ1) is 19.3. The molecule has 7 nitrogen and oxygen atoms in total. The van der Waals surface area contributed by atoms with Crippen LogP contribution in [0.5, 0.6) is 11.5 Å². The van der Waals surface area contributed by atoms with Crippen molar-refractivity contribution in [2.45, 2.75) is 0 Å². The van der Waals surface area contributed by atoms with Crippen molar-refractivity contribution < 1.29 is 9.94 Å². The summed E-state index contributed by atoms with van der Waals surface area (Å²) >= 11 is 0. The third-order valence-electron chi connectivity index (χ3n) is 4.63. The fraction of sp³-hybridized carbons (Fsp3) is 0.174. The number of aromatic hydroxyl groups is 1. The molecule has 0 saturated carbocycles. The second-order valence-electron chi connectivity index (χ2n) is 6.69. The number of nitriles is 1. The minimum atomic E-state index is 0.183. The lowest BCUT2D eigenvalue weighted by molar-refractivity contribution is -0.0622. The molecule has 0 spiro atoms. The minimum Gasteiger partial charge on any atom is -0.508 e. The molecule has 0 amide bonds. The third kappa shape index (κ3) is 4.67. The van der Waals surface area contributed by atoms with Crippen LogP contribution in [0.2, 0.25) is 0 Å². The lowest BCUT2D eigenvalue weighted by Gasteiger charge is -2.34. The molecular formula is C23H19N5O2. The number of nitrogens with zero attached hydrogens (tertiary/aromatic N) is 5. The zero-order valence-corrected chi connectivity index (χ0v) is 16.2. The maximum absolute atomic E-state index is 9.49. The maximum Gasteiger partial charge on any atom is 0.165 e. The molecule has 1 N–H and O–H groups in total. The van der Waals surface area contributed by atoms with Gasteiger partial charge in [0.05, 0.1) is 18.7 Å². The van der Waals surface area contributed by atoms with Gasteiger partial charge in [-0.25, -0.2) is 0 Å². The van der Waals surface area contributed by atoms with Gasteiger partial charge in [-0.15, -0.1) is 15.3 Å². The summed E-state index contributed by atoms with van der Waals surface area (Å²) in [6.07, 6.45) is 0. The van der Waals surface area contributed by atoms with E-state index in [1.807, 2.05) is 35.4 Å². The van der Waals surface area contributed by atoms with Crippen LogP contribution in [0, 0.1) is 23.2 Å². The molecule has 1 saturated heterocycles. The van der Waals surface area contributed by atoms with Crippen LogP contribution in [0.15, 0.2) is 60.7 Å². The van der Waals surface area contributed by atoms with Crippen LogP contribution in [0.3, 0.4) is 0 Å². The lowest BCUT2D eigenvalue weighted by atomic mass is 10.2. The monoisotopic (exact) mass is 397 g/mol. The van der Waals surface area contributed by atoms with Crippen LogP contribution in [0.25, 0.3) is 0 Å². The third-order valence-corrected chi connectivity index (χ3v) is 4.63. The van der Waals surface area contributed by atoms with E-state index in [0.717, 1.165) is 24.5 Å². The van der Waals surface area contributed by atoms with Crippen molar-refractivity contribution in [1.29, 1.82) is 5.26 Å². The zero-order chi connectivity index (χ0) is 20.8. The number of hydrogen-bond acceptors (Lipinski definition) is 7. The molecule has 3 aromatic rings. The Morgan fingerprint density at radius 2 is 1.73 bits per heavy atom. The average molecular weight is 397 g/mol. The molecule has 1 aromatic heterocycles. The fourth-order valence-electron chi connectivity index (χ4n) is 3.07. The van der Waals surface area contributed by atoms with Crippen LogP contribution in [-0.2, 0) is 0 Å². The quantitative estimate of drug-likeness (QED) is 0.680. The van der Waals surface area contributed by atoms with E-state index in [1.54, 1.807) is 30.3 Å². The largest absolute Gasteiger partial charge is 0.508 e. The topological polar surface area (TPSA) is 85.5 Å². The predicted octanol–water partition coefficient (Wildman–Crippen LogP) is 2.57. The van der Waals surface area contributed by atoms with Crippen molar-refractivity contribution in [3.63, 3.8) is 0 Å². The van der Waals surface area contributed by atoms with Crippen molar-refractivity contribution in [1.82, 2.24) is 15.3 Å². The number of para-hydroxylation sites is 1. The molecule has 2 heterocycles. The smallest absolute Gasteiger partial charge is 0.165 e. The van der Waals surface area contributed by atoms with Crippen molar-refractivity contribution in [3.8, 4) is 29.4 Å². The van der Waals surface area contributed by atoms with Gasteiger partial charge in [0.2, 0.25) is 0 Å². The molecule has 2 aromatic carbocycles. The predicted molar refractivity (Wildman–Crippen MR) is 112 cm³/mol. The summed E-state index contributed by atoms with van der Waals surface area (Å²) in [6, 6.07) is 19.9. The fourth-order valence-corrected chi connectivity index (χ4v) is 3.07. The first-order chi connectivity index (χ1) is 14.7. The molecule has 30 heavy (non-hydrogen) atoms. The Kier molecular flexibility index (Phi) is 5.75. The van der Waals surface area contributed by atoms with E-state index in [1.165, 1.54) is 0 Å². The molecule has 0 aliphatic carbocycles. The van der Waals surface area contributed by atoms with Gasteiger partial charge in [0.1, 0.15) is 17.5 Å². The number of benzene rings is 2. The van der Waals surface area contributed by atoms with Crippen molar-refractivity contribution >= 4 is 5.82 Å². The molecule has 0 radical (unpaired) electrons. The van der Waals surface area contributed by atoms with Crippen LogP contribution in [-0.4, -0.2) is 46.5 Å². The first-order valence-corrected chi connectivity index (χ1v) is 9.53. The Hall–Kier alpha value is -4.07. The minimum absolute atomic E-state index is 0.183. The average Bonchev–Trinajstić information content (AvgIpc) is 2.79. The Morgan fingerprint density at radius 1 is 0.900 bits per heavy atom. The number of rotatable bonds is 3. The Morgan fingerprint density at radius 3 is 2.47 bits per heavy atom. The Balaban J connectivity index is 1.35. The number of phenols is 1. The number of piperazine rings is 1. The van der Waals surface area contributed by atoms with Crippen LogP contribution in [0.1, 0.15) is 16.8 Å². The van der Waals surface area contributed by atoms with Gasteiger partial charge < -0.3 is 14.8 Å². The summed E-state index contributed by atoms with van der Waals surface area (Å²) in [5, 5.41) is 29.0. The summed E-state index contributed by atoms with van der Waals surface area (Å²) in [6.45, 7) is 2.83. The van der Waals surface area contributed by atoms with E-state index < -0.39 is 0 Å². The van der Waals surface area contributed by atoms with Crippen molar-refractivity contribution in [3.05, 3.63) is 77.5 Å². The van der Waals surface area contributed by atoms with Gasteiger partial charge >= 0.3 is 0 Å². The van der Waals surface area contributed by atoms with E-state index in [9.17, 15) is 10.4 Å². The first-order valence-electron chi connectivity index (χ1n) is 9.53. The molecule has 0 unspecified atom stereocenters. The standard InChI is InChI=1S/C23H19N5O2/c24-17-19-5-1-2-7-22(19)30-28-14-12-27(13-15-28)23-11-10-20(25-26-23)9-8-18-4-3-6-21(29)16-18/h1-7,10-11,16,29H,12-15H2. The van der Waals surface area contributed by atoms with Crippen LogP contribution >= 0.6 is 0 Å². The van der Waals surface area contributed by atoms with Gasteiger partial charge in [0.15, 0.2) is 11.6 Å². The number of phenolic OH excluding ortho intramolecular Hbond substituents is 1. The summed E-state index contributed by atoms with van der Waals surface area (Å²) < 4.78 is 0. The number of hydroxylamine groups is 2. The van der Waals surface area contributed by atoms with E-state index in [2.05, 4.69) is 33.0 Å². The molecule has 0 atom stereocenters. The number of anilines is 1. The van der Waals surface area contributed by atoms with Gasteiger partial charge in [0.25, 0.3) is 0 Å². The molecule has 4 rings (SSSR count). The summed E-state index contributed by atoms with van der Waals surface area (Å²) in [5.74, 6) is 7.46. The highest BCUT2D eigenvalue weighted by Crippen LogP contribution is 2.20. The van der Waals surface area contributed by atoms with E-state index in [4.69, 9.17) is 4.84 Å². The second kappa shape index (κ2) is 8.95. The normalized spacial score (nSPS) is 13.8. The Labute approximate surface area is 174 Å². The van der Waals surface area contributed by atoms with Gasteiger partial charge in [-0.05, 0) is 48.4 Å². The number of hydrogen-bond donors (Lipinski definition) is 1. The Bertz CT molecular complexity index is 1120. The maximum atomic E-state index is 9.49. The highest BCUT2D eigenvalue weighted by atomic mass is 16.7. The second-order valence-corrected chi connectivity index (χ2v) is 6.69. The van der Waals surface area contributed by atoms with Crippen LogP contribution in [0.4, 0.5) is 5.82 Å². The molecule has 1 aliphatic rings. The zero-order valence-electron chi connectivity index (χ0n) is 16.2. The van der Waals surface area contributed by atoms with Gasteiger partial charge in [0, 0.05) is 18.7 Å². The highest BCUT2D eigenvalue weighted by molar-refractivity contribution is 5.45. The van der Waals surface area contributed by atoms with E-state index in [0.29, 0.717) is 30.1 Å². The van der Waals surface area contributed by atoms with Crippen molar-refractivity contribution in [2.24, 2.45) is 0 Å². The molecule has 148 valence electrons. The van der Waals surface area contributed by atoms with Gasteiger partial charge in [-0.1, -0.05) is 24.1 Å². The van der Waals surface area contributed by atoms with Crippen molar-refractivity contribution in [2.75, 3.05) is 31.1 Å².